The van der Waals surface area contributed by atoms with E-state index in [0.717, 1.165) is 6.08 Å². The molecule has 0 aromatic carbocycles. The van der Waals surface area contributed by atoms with Crippen molar-refractivity contribution in [3.05, 3.63) is 12.7 Å². The van der Waals surface area contributed by atoms with Gasteiger partial charge in [0.15, 0.2) is 0 Å². The van der Waals surface area contributed by atoms with Crippen LogP contribution in [0.15, 0.2) is 12.7 Å². The topological polar surface area (TPSA) is 27.7 Å². The maximum absolute atomic E-state index is 12.2. The summed E-state index contributed by atoms with van der Waals surface area (Å²) in [6.45, 7) is -2.99. The molecule has 13 heteroatoms. The number of hydrogen-bond acceptors (Lipinski definition) is 3. The van der Waals surface area contributed by atoms with Gasteiger partial charge in [-0.1, -0.05) is 0 Å². The van der Waals surface area contributed by atoms with Crippen LogP contribution >= 0.6 is 0 Å². The number of alkyl halides is 9. The van der Waals surface area contributed by atoms with E-state index >= 15 is 0 Å². The molecule has 0 aliphatic rings. The van der Waals surface area contributed by atoms with Crippen LogP contribution in [0.3, 0.4) is 0 Å². The van der Waals surface area contributed by atoms with Gasteiger partial charge in [-0.15, -0.1) is 0 Å². The molecule has 0 rings (SSSR count). The monoisotopic (exact) mass is 472 g/mol. The standard InChI is InChI=1S/C4H7.3C2H2F3O.Sn/c1-3-4-2;3*3-2(4,5)1-6;/h3H,1-2,4H2;3*1H2;/q;3*-1;+3. The van der Waals surface area contributed by atoms with E-state index in [0.29, 0.717) is 0 Å². The Balaban J connectivity index is 5.19. The molecule has 0 aliphatic carbocycles. The van der Waals surface area contributed by atoms with Crippen LogP contribution in [0.1, 0.15) is 6.42 Å². The zero-order chi connectivity index (χ0) is 18.4. The second-order valence-electron chi connectivity index (χ2n) is 4.22. The quantitative estimate of drug-likeness (QED) is 0.287. The van der Waals surface area contributed by atoms with Crippen molar-refractivity contribution in [1.29, 1.82) is 0 Å². The molecule has 0 saturated heterocycles. The number of rotatable bonds is 9. The van der Waals surface area contributed by atoms with Gasteiger partial charge in [-0.2, -0.15) is 0 Å². The van der Waals surface area contributed by atoms with Crippen LogP contribution in [0.5, 0.6) is 0 Å². The van der Waals surface area contributed by atoms with E-state index in [9.17, 15) is 39.5 Å². The molecular weight excluding hydrogens is 458 g/mol. The van der Waals surface area contributed by atoms with Gasteiger partial charge < -0.3 is 0 Å². The Morgan fingerprint density at radius 1 is 0.696 bits per heavy atom. The summed E-state index contributed by atoms with van der Waals surface area (Å²) in [5, 5.41) is 0. The molecular formula is C10H13F9O3Sn. The molecule has 0 spiro atoms. The second-order valence-corrected chi connectivity index (χ2v) is 12.0. The summed E-state index contributed by atoms with van der Waals surface area (Å²) < 4.78 is 122. The Hall–Kier alpha value is -0.211. The predicted molar refractivity (Wildman–Crippen MR) is 61.4 cm³/mol. The molecule has 0 fully saturated rings. The predicted octanol–water partition coefficient (Wildman–Crippen LogP) is 4.24. The number of hydrogen-bond donors (Lipinski definition) is 0. The number of halogens is 9. The van der Waals surface area contributed by atoms with E-state index < -0.39 is 62.4 Å². The van der Waals surface area contributed by atoms with E-state index in [1.807, 2.05) is 0 Å². The molecule has 3 nitrogen and oxygen atoms in total. The summed E-state index contributed by atoms with van der Waals surface area (Å²) in [7, 11) is 0. The summed E-state index contributed by atoms with van der Waals surface area (Å²) in [6.07, 6.45) is -14.0. The molecule has 0 radical (unpaired) electrons. The molecule has 0 atom stereocenters. The van der Waals surface area contributed by atoms with Crippen LogP contribution in [0, 0.1) is 0 Å². The molecule has 23 heavy (non-hydrogen) atoms. The van der Waals surface area contributed by atoms with Gasteiger partial charge in [0.2, 0.25) is 0 Å². The molecule has 0 aromatic heterocycles. The van der Waals surface area contributed by atoms with Gasteiger partial charge in [0.05, 0.1) is 0 Å². The summed E-state index contributed by atoms with van der Waals surface area (Å²) in [6, 6.07) is 0. The van der Waals surface area contributed by atoms with Crippen molar-refractivity contribution in [2.45, 2.75) is 29.4 Å². The molecule has 0 saturated carbocycles. The van der Waals surface area contributed by atoms with E-state index in [1.165, 1.54) is 0 Å². The van der Waals surface area contributed by atoms with Gasteiger partial charge in [-0.05, 0) is 0 Å². The van der Waals surface area contributed by atoms with Crippen molar-refractivity contribution in [3.8, 4) is 0 Å². The summed E-state index contributed by atoms with van der Waals surface area (Å²) in [5.41, 5.74) is 0. The Bertz CT molecular complexity index is 319. The van der Waals surface area contributed by atoms with Gasteiger partial charge in [0.1, 0.15) is 0 Å². The second kappa shape index (κ2) is 8.76. The zero-order valence-corrected chi connectivity index (χ0v) is 14.3. The maximum atomic E-state index is 12.2. The minimum absolute atomic E-state index is 0.219. The van der Waals surface area contributed by atoms with E-state index in [-0.39, 0.29) is 6.42 Å². The van der Waals surface area contributed by atoms with Crippen molar-refractivity contribution >= 4 is 19.6 Å². The third-order valence-electron chi connectivity index (χ3n) is 2.02. The Labute approximate surface area is 130 Å². The normalized spacial score (nSPS) is 14.1. The Morgan fingerprint density at radius 2 is 1.00 bits per heavy atom. The third-order valence-corrected chi connectivity index (χ3v) is 9.60. The fourth-order valence-electron chi connectivity index (χ4n) is 1.20. The molecule has 138 valence electrons. The van der Waals surface area contributed by atoms with Crippen LogP contribution in [0.2, 0.25) is 4.44 Å². The summed E-state index contributed by atoms with van der Waals surface area (Å²) in [4.78, 5) is 0. The first-order chi connectivity index (χ1) is 10.2. The van der Waals surface area contributed by atoms with Gasteiger partial charge in [-0.25, -0.2) is 0 Å². The fourth-order valence-corrected chi connectivity index (χ4v) is 8.02. The van der Waals surface area contributed by atoms with Crippen LogP contribution in [0.4, 0.5) is 39.5 Å². The average Bonchev–Trinajstić information content (AvgIpc) is 2.34. The van der Waals surface area contributed by atoms with Crippen molar-refractivity contribution < 1.29 is 48.7 Å². The zero-order valence-electron chi connectivity index (χ0n) is 11.4. The molecule has 0 aromatic rings. The van der Waals surface area contributed by atoms with E-state index in [1.54, 1.807) is 0 Å². The van der Waals surface area contributed by atoms with Crippen LogP contribution in [-0.4, -0.2) is 58.0 Å². The molecule has 0 amide bonds. The molecule has 0 aliphatic heterocycles. The van der Waals surface area contributed by atoms with Gasteiger partial charge in [0, 0.05) is 0 Å². The first-order valence-electron chi connectivity index (χ1n) is 5.91. The number of allylic oxidation sites excluding steroid dienone is 1. The average molecular weight is 471 g/mol. The first-order valence-corrected chi connectivity index (χ1v) is 11.4. The van der Waals surface area contributed by atoms with Gasteiger partial charge >= 0.3 is 130 Å². The first kappa shape index (κ1) is 22.8. The minimum atomic E-state index is -5.76. The van der Waals surface area contributed by atoms with Crippen LogP contribution in [0.25, 0.3) is 0 Å². The fraction of sp³-hybridized carbons (Fsp3) is 0.800. The van der Waals surface area contributed by atoms with Gasteiger partial charge in [0.25, 0.3) is 0 Å². The molecule has 0 N–H and O–H groups in total. The van der Waals surface area contributed by atoms with Gasteiger partial charge in [-0.3, -0.25) is 0 Å². The summed E-state index contributed by atoms with van der Waals surface area (Å²) in [5.74, 6) is 0. The molecule has 0 unspecified atom stereocenters. The molecule has 0 bridgehead atoms. The van der Waals surface area contributed by atoms with Crippen molar-refractivity contribution in [3.63, 3.8) is 0 Å². The van der Waals surface area contributed by atoms with Crippen molar-refractivity contribution in [2.24, 2.45) is 0 Å². The third kappa shape index (κ3) is 12.8. The van der Waals surface area contributed by atoms with E-state index in [2.05, 4.69) is 15.8 Å². The SMILES string of the molecule is C=CC[CH2][Sn]([O]CC(F)(F)F)([O]CC(F)(F)F)[O]CC(F)(F)F. The Kier molecular flexibility index (Phi) is 8.68. The summed E-state index contributed by atoms with van der Waals surface area (Å²) >= 11 is -5.76. The van der Waals surface area contributed by atoms with E-state index in [4.69, 9.17) is 0 Å². The van der Waals surface area contributed by atoms with Crippen molar-refractivity contribution in [1.82, 2.24) is 0 Å². The Morgan fingerprint density at radius 3 is 1.22 bits per heavy atom. The van der Waals surface area contributed by atoms with Crippen LogP contribution < -0.4 is 0 Å². The van der Waals surface area contributed by atoms with Crippen molar-refractivity contribution in [2.75, 3.05) is 19.8 Å². The molecule has 0 heterocycles. The van der Waals surface area contributed by atoms with Crippen LogP contribution in [-0.2, 0) is 9.22 Å².